The number of thiophene rings is 1. The normalized spacial score (nSPS) is 11.3. The summed E-state index contributed by atoms with van der Waals surface area (Å²) in [5, 5.41) is 2.71. The maximum absolute atomic E-state index is 2.35. The average molecular weight is 350 g/mol. The molecule has 0 atom stereocenters. The Hall–Kier alpha value is -2.90. The number of rotatable bonds is 2. The third-order valence-corrected chi connectivity index (χ3v) is 6.18. The summed E-state index contributed by atoms with van der Waals surface area (Å²) in [7, 11) is 0. The standard InChI is InChI=1S/C25H18S/c1-17-11-12-19(18-7-3-2-4-8-18)15-22(17)20-13-14-25-23(16-20)21-9-5-6-10-24(21)26-25/h2-16H,1H3. The minimum absolute atomic E-state index is 1.26. The molecule has 1 aromatic heterocycles. The van der Waals surface area contributed by atoms with Crippen molar-refractivity contribution in [3.63, 3.8) is 0 Å². The molecular weight excluding hydrogens is 332 g/mol. The van der Waals surface area contributed by atoms with Crippen molar-refractivity contribution in [2.45, 2.75) is 6.92 Å². The van der Waals surface area contributed by atoms with Crippen LogP contribution in [0.3, 0.4) is 0 Å². The number of hydrogen-bond donors (Lipinski definition) is 0. The van der Waals surface area contributed by atoms with Gasteiger partial charge in [-0.15, -0.1) is 11.3 Å². The van der Waals surface area contributed by atoms with Gasteiger partial charge in [-0.3, -0.25) is 0 Å². The van der Waals surface area contributed by atoms with Crippen LogP contribution in [0.15, 0.2) is 91.0 Å². The van der Waals surface area contributed by atoms with Gasteiger partial charge in [-0.2, -0.15) is 0 Å². The highest BCUT2D eigenvalue weighted by Crippen LogP contribution is 2.37. The summed E-state index contributed by atoms with van der Waals surface area (Å²) in [6, 6.07) is 32.9. The molecule has 1 heteroatoms. The molecule has 26 heavy (non-hydrogen) atoms. The van der Waals surface area contributed by atoms with E-state index in [1.165, 1.54) is 48.0 Å². The van der Waals surface area contributed by atoms with E-state index in [-0.39, 0.29) is 0 Å². The maximum atomic E-state index is 2.35. The zero-order chi connectivity index (χ0) is 17.5. The summed E-state index contributed by atoms with van der Waals surface area (Å²) in [6.45, 7) is 2.19. The van der Waals surface area contributed by atoms with Gasteiger partial charge in [0.15, 0.2) is 0 Å². The van der Waals surface area contributed by atoms with Crippen LogP contribution >= 0.6 is 11.3 Å². The molecule has 5 rings (SSSR count). The smallest absolute Gasteiger partial charge is 0.0355 e. The molecule has 1 heterocycles. The van der Waals surface area contributed by atoms with E-state index in [0.717, 1.165) is 0 Å². The van der Waals surface area contributed by atoms with Gasteiger partial charge in [0.05, 0.1) is 0 Å². The van der Waals surface area contributed by atoms with Crippen LogP contribution < -0.4 is 0 Å². The van der Waals surface area contributed by atoms with Crippen molar-refractivity contribution in [3.8, 4) is 22.3 Å². The quantitative estimate of drug-likeness (QED) is 0.306. The second-order valence-corrected chi connectivity index (χ2v) is 7.79. The first-order valence-corrected chi connectivity index (χ1v) is 9.69. The van der Waals surface area contributed by atoms with Gasteiger partial charge in [-0.05, 0) is 59.0 Å². The van der Waals surface area contributed by atoms with Crippen molar-refractivity contribution >= 4 is 31.5 Å². The van der Waals surface area contributed by atoms with Gasteiger partial charge in [0, 0.05) is 20.2 Å². The average Bonchev–Trinajstić information content (AvgIpc) is 3.07. The molecule has 0 amide bonds. The molecule has 4 aromatic carbocycles. The number of fused-ring (bicyclic) bond motifs is 3. The molecule has 0 spiro atoms. The summed E-state index contributed by atoms with van der Waals surface area (Å²) in [5.41, 5.74) is 6.43. The number of aryl methyl sites for hydroxylation is 1. The summed E-state index contributed by atoms with van der Waals surface area (Å²) in [5.74, 6) is 0. The fraction of sp³-hybridized carbons (Fsp3) is 0.0400. The first-order valence-electron chi connectivity index (χ1n) is 8.87. The van der Waals surface area contributed by atoms with Crippen LogP contribution in [0.2, 0.25) is 0 Å². The lowest BCUT2D eigenvalue weighted by molar-refractivity contribution is 1.46. The van der Waals surface area contributed by atoms with Crippen LogP contribution in [-0.4, -0.2) is 0 Å². The highest BCUT2D eigenvalue weighted by Gasteiger charge is 2.09. The molecule has 0 aliphatic heterocycles. The SMILES string of the molecule is Cc1ccc(-c2ccccc2)cc1-c1ccc2sc3ccccc3c2c1. The Morgan fingerprint density at radius 1 is 0.538 bits per heavy atom. The van der Waals surface area contributed by atoms with E-state index in [1.807, 2.05) is 11.3 Å². The highest BCUT2D eigenvalue weighted by molar-refractivity contribution is 7.25. The molecular formula is C25H18S. The largest absolute Gasteiger partial charge is 0.135 e. The lowest BCUT2D eigenvalue weighted by atomic mass is 9.94. The van der Waals surface area contributed by atoms with E-state index in [0.29, 0.717) is 0 Å². The zero-order valence-corrected chi connectivity index (χ0v) is 15.4. The Morgan fingerprint density at radius 2 is 1.27 bits per heavy atom. The number of hydrogen-bond acceptors (Lipinski definition) is 1. The fourth-order valence-corrected chi connectivity index (χ4v) is 4.72. The van der Waals surface area contributed by atoms with Crippen molar-refractivity contribution in [1.82, 2.24) is 0 Å². The van der Waals surface area contributed by atoms with Crippen LogP contribution in [0.5, 0.6) is 0 Å². The van der Waals surface area contributed by atoms with Crippen LogP contribution in [-0.2, 0) is 0 Å². The van der Waals surface area contributed by atoms with Crippen molar-refractivity contribution < 1.29 is 0 Å². The summed E-state index contributed by atoms with van der Waals surface area (Å²) in [4.78, 5) is 0. The molecule has 0 fully saturated rings. The third kappa shape index (κ3) is 2.53. The Bertz CT molecular complexity index is 1230. The summed E-state index contributed by atoms with van der Waals surface area (Å²) >= 11 is 1.87. The number of benzene rings is 4. The molecule has 0 saturated heterocycles. The van der Waals surface area contributed by atoms with E-state index >= 15 is 0 Å². The van der Waals surface area contributed by atoms with Crippen LogP contribution in [0.1, 0.15) is 5.56 Å². The van der Waals surface area contributed by atoms with Gasteiger partial charge >= 0.3 is 0 Å². The topological polar surface area (TPSA) is 0 Å². The Morgan fingerprint density at radius 3 is 2.15 bits per heavy atom. The Balaban J connectivity index is 1.71. The van der Waals surface area contributed by atoms with E-state index < -0.39 is 0 Å². The van der Waals surface area contributed by atoms with Gasteiger partial charge in [0.2, 0.25) is 0 Å². The van der Waals surface area contributed by atoms with Crippen molar-refractivity contribution in [3.05, 3.63) is 96.6 Å². The van der Waals surface area contributed by atoms with Gasteiger partial charge < -0.3 is 0 Å². The Labute approximate surface area is 157 Å². The lowest BCUT2D eigenvalue weighted by Gasteiger charge is -2.10. The molecule has 0 nitrogen and oxygen atoms in total. The highest BCUT2D eigenvalue weighted by atomic mass is 32.1. The molecule has 0 N–H and O–H groups in total. The summed E-state index contributed by atoms with van der Waals surface area (Å²) < 4.78 is 2.71. The lowest BCUT2D eigenvalue weighted by Crippen LogP contribution is -1.86. The van der Waals surface area contributed by atoms with Crippen molar-refractivity contribution in [2.24, 2.45) is 0 Å². The van der Waals surface area contributed by atoms with Crippen molar-refractivity contribution in [2.75, 3.05) is 0 Å². The second-order valence-electron chi connectivity index (χ2n) is 6.70. The second kappa shape index (κ2) is 6.12. The van der Waals surface area contributed by atoms with Crippen LogP contribution in [0.4, 0.5) is 0 Å². The molecule has 0 saturated carbocycles. The minimum Gasteiger partial charge on any atom is -0.135 e. The third-order valence-electron chi connectivity index (χ3n) is 5.03. The van der Waals surface area contributed by atoms with Gasteiger partial charge in [0.25, 0.3) is 0 Å². The first kappa shape index (κ1) is 15.4. The molecule has 0 radical (unpaired) electrons. The molecule has 0 bridgehead atoms. The molecule has 0 aliphatic rings. The zero-order valence-electron chi connectivity index (χ0n) is 14.6. The molecule has 0 aliphatic carbocycles. The fourth-order valence-electron chi connectivity index (χ4n) is 3.64. The maximum Gasteiger partial charge on any atom is 0.0355 e. The molecule has 0 unspecified atom stereocenters. The predicted molar refractivity (Wildman–Crippen MR) is 115 cm³/mol. The van der Waals surface area contributed by atoms with Crippen LogP contribution in [0, 0.1) is 6.92 Å². The predicted octanol–water partition coefficient (Wildman–Crippen LogP) is 7.70. The molecule has 5 aromatic rings. The summed E-state index contributed by atoms with van der Waals surface area (Å²) in [6.07, 6.45) is 0. The van der Waals surface area contributed by atoms with E-state index in [9.17, 15) is 0 Å². The Kier molecular flexibility index (Phi) is 3.62. The van der Waals surface area contributed by atoms with E-state index in [4.69, 9.17) is 0 Å². The van der Waals surface area contributed by atoms with Gasteiger partial charge in [-0.1, -0.05) is 66.7 Å². The minimum atomic E-state index is 1.26. The van der Waals surface area contributed by atoms with Crippen LogP contribution in [0.25, 0.3) is 42.4 Å². The van der Waals surface area contributed by atoms with Crippen molar-refractivity contribution in [1.29, 1.82) is 0 Å². The van der Waals surface area contributed by atoms with Gasteiger partial charge in [-0.25, -0.2) is 0 Å². The van der Waals surface area contributed by atoms with Gasteiger partial charge in [0.1, 0.15) is 0 Å². The first-order chi connectivity index (χ1) is 12.8. The monoisotopic (exact) mass is 350 g/mol. The molecule has 124 valence electrons. The van der Waals surface area contributed by atoms with E-state index in [2.05, 4.69) is 97.9 Å². The van der Waals surface area contributed by atoms with E-state index in [1.54, 1.807) is 0 Å².